The summed E-state index contributed by atoms with van der Waals surface area (Å²) >= 11 is 0. The molecule has 1 atom stereocenters. The fourth-order valence-corrected chi connectivity index (χ4v) is 3.63. The summed E-state index contributed by atoms with van der Waals surface area (Å²) in [4.78, 5) is 12.1. The molecular formula is C14H20N2O3S. The van der Waals surface area contributed by atoms with Crippen LogP contribution < -0.4 is 10.0 Å². The van der Waals surface area contributed by atoms with Gasteiger partial charge in [0.1, 0.15) is 0 Å². The minimum atomic E-state index is -3.59. The molecule has 1 amide bonds. The fraction of sp³-hybridized carbons (Fsp3) is 0.500. The van der Waals surface area contributed by atoms with Crippen LogP contribution in [0.3, 0.4) is 0 Å². The number of amides is 1. The van der Waals surface area contributed by atoms with E-state index >= 15 is 0 Å². The number of hydrogen-bond acceptors (Lipinski definition) is 3. The van der Waals surface area contributed by atoms with Crippen LogP contribution in [0, 0.1) is 5.92 Å². The van der Waals surface area contributed by atoms with Gasteiger partial charge < -0.3 is 5.32 Å². The van der Waals surface area contributed by atoms with Crippen molar-refractivity contribution in [2.24, 2.45) is 5.92 Å². The molecule has 2 rings (SSSR count). The van der Waals surface area contributed by atoms with Gasteiger partial charge in [0.25, 0.3) is 0 Å². The van der Waals surface area contributed by atoms with Crippen LogP contribution >= 0.6 is 0 Å². The first-order chi connectivity index (χ1) is 9.49. The van der Waals surface area contributed by atoms with Gasteiger partial charge in [0.15, 0.2) is 0 Å². The first-order valence-corrected chi connectivity index (χ1v) is 8.35. The second-order valence-corrected chi connectivity index (χ2v) is 6.86. The van der Waals surface area contributed by atoms with Crippen LogP contribution in [0.25, 0.3) is 0 Å². The van der Waals surface area contributed by atoms with E-state index in [0.29, 0.717) is 0 Å². The van der Waals surface area contributed by atoms with Gasteiger partial charge in [-0.15, -0.1) is 0 Å². The van der Waals surface area contributed by atoms with Crippen LogP contribution in [0.5, 0.6) is 0 Å². The molecule has 110 valence electrons. The standard InChI is InChI=1S/C14H20N2O3S/c1-11(15-14(17)12-7-5-6-8-12)16-20(18,19)13-9-3-2-4-10-13/h2-4,9-12,16H,5-8H2,1H3,(H,15,17). The summed E-state index contributed by atoms with van der Waals surface area (Å²) in [5.41, 5.74) is 0. The molecule has 0 radical (unpaired) electrons. The highest BCUT2D eigenvalue weighted by atomic mass is 32.2. The molecule has 1 aliphatic carbocycles. The number of nitrogens with one attached hydrogen (secondary N) is 2. The maximum atomic E-state index is 12.1. The smallest absolute Gasteiger partial charge is 0.242 e. The molecule has 0 aliphatic heterocycles. The molecule has 1 aliphatic rings. The van der Waals surface area contributed by atoms with E-state index < -0.39 is 16.2 Å². The van der Waals surface area contributed by atoms with E-state index in [2.05, 4.69) is 10.0 Å². The van der Waals surface area contributed by atoms with Gasteiger partial charge in [0.05, 0.1) is 11.1 Å². The van der Waals surface area contributed by atoms with Gasteiger partial charge in [-0.2, -0.15) is 4.72 Å². The summed E-state index contributed by atoms with van der Waals surface area (Å²) in [7, 11) is -3.59. The normalized spacial score (nSPS) is 17.9. The van der Waals surface area contributed by atoms with Crippen LogP contribution in [0.15, 0.2) is 35.2 Å². The van der Waals surface area contributed by atoms with Gasteiger partial charge >= 0.3 is 0 Å². The van der Waals surface area contributed by atoms with Crippen LogP contribution in [-0.2, 0) is 14.8 Å². The molecule has 2 N–H and O–H groups in total. The number of hydrogen-bond donors (Lipinski definition) is 2. The third kappa shape index (κ3) is 3.80. The number of rotatable bonds is 5. The third-order valence-corrected chi connectivity index (χ3v) is 5.03. The van der Waals surface area contributed by atoms with Crippen LogP contribution in [0.4, 0.5) is 0 Å². The Balaban J connectivity index is 1.94. The zero-order chi connectivity index (χ0) is 14.6. The summed E-state index contributed by atoms with van der Waals surface area (Å²) < 4.78 is 26.6. The van der Waals surface area contributed by atoms with Crippen molar-refractivity contribution in [3.05, 3.63) is 30.3 Å². The highest BCUT2D eigenvalue weighted by molar-refractivity contribution is 7.89. The molecule has 1 aromatic rings. The maximum Gasteiger partial charge on any atom is 0.242 e. The molecule has 5 nitrogen and oxygen atoms in total. The number of carbonyl (C=O) groups excluding carboxylic acids is 1. The van der Waals surface area contributed by atoms with Crippen LogP contribution in [-0.4, -0.2) is 20.5 Å². The summed E-state index contributed by atoms with van der Waals surface area (Å²) in [6.45, 7) is 1.63. The molecule has 6 heteroatoms. The second kappa shape index (κ2) is 6.37. The lowest BCUT2D eigenvalue weighted by Gasteiger charge is -2.18. The Morgan fingerprint density at radius 1 is 1.20 bits per heavy atom. The topological polar surface area (TPSA) is 75.3 Å². The van der Waals surface area contributed by atoms with E-state index in [0.717, 1.165) is 25.7 Å². The highest BCUT2D eigenvalue weighted by Crippen LogP contribution is 2.24. The number of carbonyl (C=O) groups is 1. The van der Waals surface area contributed by atoms with Gasteiger partial charge in [0, 0.05) is 5.92 Å². The SMILES string of the molecule is CC(NC(=O)C1CCCC1)NS(=O)(=O)c1ccccc1. The van der Waals surface area contributed by atoms with Gasteiger partial charge in [-0.3, -0.25) is 4.79 Å². The van der Waals surface area contributed by atoms with E-state index in [4.69, 9.17) is 0 Å². The molecule has 1 fully saturated rings. The Labute approximate surface area is 119 Å². The van der Waals surface area contributed by atoms with Crippen molar-refractivity contribution < 1.29 is 13.2 Å². The lowest BCUT2D eigenvalue weighted by Crippen LogP contribution is -2.47. The quantitative estimate of drug-likeness (QED) is 0.811. The van der Waals surface area contributed by atoms with E-state index in [1.54, 1.807) is 25.1 Å². The summed E-state index contributed by atoms with van der Waals surface area (Å²) in [5.74, 6) is -0.0376. The summed E-state index contributed by atoms with van der Waals surface area (Å²) in [6, 6.07) is 8.12. The summed E-state index contributed by atoms with van der Waals surface area (Å²) in [6.07, 6.45) is 3.31. The molecule has 0 heterocycles. The lowest BCUT2D eigenvalue weighted by molar-refractivity contribution is -0.125. The lowest BCUT2D eigenvalue weighted by atomic mass is 10.1. The van der Waals surface area contributed by atoms with E-state index in [1.165, 1.54) is 12.1 Å². The number of sulfonamides is 1. The molecule has 1 saturated carbocycles. The van der Waals surface area contributed by atoms with Crippen molar-refractivity contribution in [1.82, 2.24) is 10.0 Å². The first kappa shape index (κ1) is 15.0. The van der Waals surface area contributed by atoms with Gasteiger partial charge in [-0.25, -0.2) is 8.42 Å². The van der Waals surface area contributed by atoms with Gasteiger partial charge in [0.2, 0.25) is 15.9 Å². The minimum Gasteiger partial charge on any atom is -0.340 e. The summed E-state index contributed by atoms with van der Waals surface area (Å²) in [5, 5.41) is 2.72. The van der Waals surface area contributed by atoms with Crippen molar-refractivity contribution >= 4 is 15.9 Å². The zero-order valence-electron chi connectivity index (χ0n) is 11.5. The van der Waals surface area contributed by atoms with Crippen molar-refractivity contribution in [2.75, 3.05) is 0 Å². The monoisotopic (exact) mass is 296 g/mol. The van der Waals surface area contributed by atoms with Crippen molar-refractivity contribution in [3.63, 3.8) is 0 Å². The maximum absolute atomic E-state index is 12.1. The largest absolute Gasteiger partial charge is 0.340 e. The van der Waals surface area contributed by atoms with Crippen molar-refractivity contribution in [2.45, 2.75) is 43.7 Å². The van der Waals surface area contributed by atoms with Gasteiger partial charge in [-0.05, 0) is 31.9 Å². The Hall–Kier alpha value is -1.40. The first-order valence-electron chi connectivity index (χ1n) is 6.87. The molecule has 0 spiro atoms. The van der Waals surface area contributed by atoms with E-state index in [9.17, 15) is 13.2 Å². The molecule has 20 heavy (non-hydrogen) atoms. The predicted octanol–water partition coefficient (Wildman–Crippen LogP) is 1.62. The molecule has 0 bridgehead atoms. The Morgan fingerprint density at radius 2 is 1.80 bits per heavy atom. The highest BCUT2D eigenvalue weighted by Gasteiger charge is 2.25. The molecular weight excluding hydrogens is 276 g/mol. The van der Waals surface area contributed by atoms with E-state index in [-0.39, 0.29) is 16.7 Å². The van der Waals surface area contributed by atoms with Gasteiger partial charge in [-0.1, -0.05) is 31.0 Å². The molecule has 0 aromatic heterocycles. The Bertz CT molecular complexity index is 551. The van der Waals surface area contributed by atoms with E-state index in [1.807, 2.05) is 0 Å². The van der Waals surface area contributed by atoms with Crippen LogP contribution in [0.2, 0.25) is 0 Å². The third-order valence-electron chi connectivity index (χ3n) is 3.47. The second-order valence-electron chi connectivity index (χ2n) is 5.15. The molecule has 1 aromatic carbocycles. The Kier molecular flexibility index (Phi) is 4.77. The fourth-order valence-electron chi connectivity index (χ4n) is 2.45. The van der Waals surface area contributed by atoms with Crippen molar-refractivity contribution in [3.8, 4) is 0 Å². The predicted molar refractivity (Wildman–Crippen MR) is 76.3 cm³/mol. The molecule has 1 unspecified atom stereocenters. The minimum absolute atomic E-state index is 0.0266. The van der Waals surface area contributed by atoms with Crippen molar-refractivity contribution in [1.29, 1.82) is 0 Å². The average Bonchev–Trinajstić information content (AvgIpc) is 2.93. The average molecular weight is 296 g/mol. The van der Waals surface area contributed by atoms with Crippen LogP contribution in [0.1, 0.15) is 32.6 Å². The number of benzene rings is 1. The molecule has 0 saturated heterocycles. The zero-order valence-corrected chi connectivity index (χ0v) is 12.3. The Morgan fingerprint density at radius 3 is 2.40 bits per heavy atom.